The highest BCUT2D eigenvalue weighted by Crippen LogP contribution is 2.55. The van der Waals surface area contributed by atoms with Gasteiger partial charge in [0.05, 0.1) is 11.0 Å². The van der Waals surface area contributed by atoms with Crippen LogP contribution >= 0.6 is 0 Å². The zero-order chi connectivity index (χ0) is 24.9. The molecule has 1 heterocycles. The van der Waals surface area contributed by atoms with Gasteiger partial charge in [-0.1, -0.05) is 118 Å². The van der Waals surface area contributed by atoms with Crippen LogP contribution in [-0.4, -0.2) is 4.98 Å². The van der Waals surface area contributed by atoms with Crippen molar-refractivity contribution in [2.75, 3.05) is 0 Å². The second-order valence-corrected chi connectivity index (χ2v) is 11.4. The largest absolute Gasteiger partial charge is 0.353 e. The quantitative estimate of drug-likeness (QED) is 0.227. The predicted molar refractivity (Wildman–Crippen MR) is 161 cm³/mol. The van der Waals surface area contributed by atoms with Crippen LogP contribution in [0.25, 0.3) is 60.1 Å². The molecular weight excluding hydrogens is 446 g/mol. The monoisotopic (exact) mass is 477 g/mol. The molecule has 5 aromatic carbocycles. The molecule has 1 atom stereocenters. The smallest absolute Gasteiger partial charge is 0.0551 e. The molecule has 0 aliphatic heterocycles. The van der Waals surface area contributed by atoms with Crippen LogP contribution in [0.1, 0.15) is 39.7 Å². The number of hydrogen-bond acceptors (Lipinski definition) is 0. The molecular formula is C36H31N. The summed E-state index contributed by atoms with van der Waals surface area (Å²) >= 11 is 0. The summed E-state index contributed by atoms with van der Waals surface area (Å²) in [5, 5.41) is 7.84. The van der Waals surface area contributed by atoms with Crippen LogP contribution in [0.4, 0.5) is 0 Å². The van der Waals surface area contributed by atoms with Gasteiger partial charge in [-0.3, -0.25) is 0 Å². The van der Waals surface area contributed by atoms with Gasteiger partial charge >= 0.3 is 0 Å². The lowest BCUT2D eigenvalue weighted by Crippen LogP contribution is -2.22. The van der Waals surface area contributed by atoms with Crippen molar-refractivity contribution in [2.45, 2.75) is 32.6 Å². The molecule has 2 aliphatic rings. The average molecular weight is 478 g/mol. The van der Waals surface area contributed by atoms with Crippen molar-refractivity contribution in [3.05, 3.63) is 114 Å². The van der Waals surface area contributed by atoms with E-state index in [9.17, 15) is 0 Å². The normalized spacial score (nSPS) is 18.3. The zero-order valence-corrected chi connectivity index (χ0v) is 21.5. The van der Waals surface area contributed by atoms with Crippen molar-refractivity contribution in [2.24, 2.45) is 5.92 Å². The Morgan fingerprint density at radius 1 is 0.703 bits per heavy atom. The van der Waals surface area contributed by atoms with Gasteiger partial charge in [0.15, 0.2) is 0 Å². The van der Waals surface area contributed by atoms with Crippen molar-refractivity contribution in [1.29, 1.82) is 0 Å². The van der Waals surface area contributed by atoms with E-state index in [4.69, 9.17) is 0 Å². The van der Waals surface area contributed by atoms with Crippen molar-refractivity contribution in [1.82, 2.24) is 4.98 Å². The first kappa shape index (κ1) is 21.0. The van der Waals surface area contributed by atoms with Gasteiger partial charge < -0.3 is 4.98 Å². The topological polar surface area (TPSA) is 15.8 Å². The lowest BCUT2D eigenvalue weighted by molar-refractivity contribution is 0.530. The summed E-state index contributed by atoms with van der Waals surface area (Å²) in [6.45, 7) is 7.21. The fourth-order valence-corrected chi connectivity index (χ4v) is 7.56. The number of allylic oxidation sites excluding steroid dienone is 4. The van der Waals surface area contributed by atoms with Gasteiger partial charge in [0.2, 0.25) is 0 Å². The van der Waals surface area contributed by atoms with E-state index in [-0.39, 0.29) is 6.84 Å². The molecule has 0 radical (unpaired) electrons. The standard InChI is InChI=1S/C36H29N.H2/c1-21-11-8-18-28-31-25(16-10-20-30(31)36(2,3)33(21)28)27-17-9-19-29-32-24-14-6-4-12-22(24)23-13-5-7-15-26(23)35(32)37-34(27)29;/h4-10,12-21,37H,11H2,1-3H3;1H. The Morgan fingerprint density at radius 3 is 2.16 bits per heavy atom. The Bertz CT molecular complexity index is 2000. The van der Waals surface area contributed by atoms with Crippen LogP contribution in [0.2, 0.25) is 0 Å². The first-order valence-electron chi connectivity index (χ1n) is 13.4. The molecule has 0 amide bonds. The fourth-order valence-electron chi connectivity index (χ4n) is 7.56. The van der Waals surface area contributed by atoms with Gasteiger partial charge in [0, 0.05) is 28.6 Å². The van der Waals surface area contributed by atoms with Crippen molar-refractivity contribution in [3.63, 3.8) is 0 Å². The Labute approximate surface area is 218 Å². The number of aromatic amines is 1. The van der Waals surface area contributed by atoms with E-state index in [2.05, 4.69) is 123 Å². The van der Waals surface area contributed by atoms with Crippen LogP contribution < -0.4 is 0 Å². The van der Waals surface area contributed by atoms with Crippen LogP contribution in [0.3, 0.4) is 0 Å². The van der Waals surface area contributed by atoms with Crippen LogP contribution in [0.5, 0.6) is 0 Å². The third-order valence-electron chi connectivity index (χ3n) is 9.04. The number of fused-ring (bicyclic) bond motifs is 10. The number of H-pyrrole nitrogens is 1. The lowest BCUT2D eigenvalue weighted by Gasteiger charge is -2.30. The number of aromatic nitrogens is 1. The van der Waals surface area contributed by atoms with E-state index in [1.54, 1.807) is 5.57 Å². The first-order chi connectivity index (χ1) is 18.1. The molecule has 1 heteroatoms. The number of hydrogen-bond donors (Lipinski definition) is 1. The summed E-state index contributed by atoms with van der Waals surface area (Å²) in [7, 11) is 0. The maximum atomic E-state index is 3.94. The molecule has 1 nitrogen and oxygen atoms in total. The first-order valence-corrected chi connectivity index (χ1v) is 13.4. The molecule has 0 saturated carbocycles. The Hall–Kier alpha value is -4.10. The molecule has 0 bridgehead atoms. The van der Waals surface area contributed by atoms with Crippen LogP contribution in [0.15, 0.2) is 103 Å². The number of benzene rings is 5. The minimum atomic E-state index is 0. The second kappa shape index (κ2) is 7.23. The Kier molecular flexibility index (Phi) is 4.11. The molecule has 0 fully saturated rings. The van der Waals surface area contributed by atoms with Gasteiger partial charge in [-0.15, -0.1) is 0 Å². The maximum Gasteiger partial charge on any atom is 0.0551 e. The molecule has 2 aliphatic carbocycles. The van der Waals surface area contributed by atoms with Gasteiger partial charge in [-0.05, 0) is 56.3 Å². The highest BCUT2D eigenvalue weighted by Gasteiger charge is 2.41. The van der Waals surface area contributed by atoms with Crippen molar-refractivity contribution >= 4 is 48.9 Å². The number of rotatable bonds is 1. The predicted octanol–water partition coefficient (Wildman–Crippen LogP) is 10.2. The van der Waals surface area contributed by atoms with Gasteiger partial charge in [-0.25, -0.2) is 0 Å². The molecule has 1 N–H and O–H groups in total. The van der Waals surface area contributed by atoms with Crippen molar-refractivity contribution < 1.29 is 1.43 Å². The molecule has 1 aromatic heterocycles. The third kappa shape index (κ3) is 2.64. The molecule has 0 spiro atoms. The summed E-state index contributed by atoms with van der Waals surface area (Å²) in [6, 6.07) is 31.4. The Morgan fingerprint density at radius 2 is 1.35 bits per heavy atom. The molecule has 1 unspecified atom stereocenters. The van der Waals surface area contributed by atoms with Gasteiger partial charge in [0.1, 0.15) is 0 Å². The summed E-state index contributed by atoms with van der Waals surface area (Å²) < 4.78 is 0. The molecule has 180 valence electrons. The van der Waals surface area contributed by atoms with E-state index in [1.165, 1.54) is 71.2 Å². The van der Waals surface area contributed by atoms with E-state index in [0.29, 0.717) is 5.92 Å². The second-order valence-electron chi connectivity index (χ2n) is 11.4. The molecule has 6 aromatic rings. The van der Waals surface area contributed by atoms with Crippen molar-refractivity contribution in [3.8, 4) is 11.1 Å². The van der Waals surface area contributed by atoms with Crippen LogP contribution in [0, 0.1) is 5.92 Å². The lowest BCUT2D eigenvalue weighted by atomic mass is 9.74. The number of para-hydroxylation sites is 1. The van der Waals surface area contributed by atoms with Crippen LogP contribution in [-0.2, 0) is 5.41 Å². The van der Waals surface area contributed by atoms with Gasteiger partial charge in [0.25, 0.3) is 0 Å². The molecule has 8 rings (SSSR count). The SMILES string of the molecule is CC1CC=CC2=C1C(C)(C)c1cccc(-c3cccc4c3[nH]c3c5ccccc5c5ccccc5c43)c12.[HH]. The van der Waals surface area contributed by atoms with E-state index in [0.717, 1.165) is 6.42 Å². The maximum absolute atomic E-state index is 3.94. The minimum absolute atomic E-state index is 0. The Balaban J connectivity index is 0.00000242. The summed E-state index contributed by atoms with van der Waals surface area (Å²) in [5.74, 6) is 0.567. The fraction of sp³-hybridized carbons (Fsp3) is 0.167. The molecule has 37 heavy (non-hydrogen) atoms. The van der Waals surface area contributed by atoms with E-state index < -0.39 is 0 Å². The third-order valence-corrected chi connectivity index (χ3v) is 9.04. The minimum Gasteiger partial charge on any atom is -0.353 e. The number of nitrogens with one attached hydrogen (secondary N) is 1. The van der Waals surface area contributed by atoms with E-state index in [1.807, 2.05) is 0 Å². The zero-order valence-electron chi connectivity index (χ0n) is 21.5. The van der Waals surface area contributed by atoms with E-state index >= 15 is 0 Å². The highest BCUT2D eigenvalue weighted by molar-refractivity contribution is 6.32. The molecule has 0 saturated heterocycles. The average Bonchev–Trinajstić information content (AvgIpc) is 3.43. The summed E-state index contributed by atoms with van der Waals surface area (Å²) in [6.07, 6.45) is 5.88. The highest BCUT2D eigenvalue weighted by atomic mass is 14.7. The summed E-state index contributed by atoms with van der Waals surface area (Å²) in [5.41, 5.74) is 11.0. The van der Waals surface area contributed by atoms with Gasteiger partial charge in [-0.2, -0.15) is 0 Å². The summed E-state index contributed by atoms with van der Waals surface area (Å²) in [4.78, 5) is 3.94.